The van der Waals surface area contributed by atoms with Crippen LogP contribution in [0.5, 0.6) is 0 Å². The number of carbonyl (C=O) groups excluding carboxylic acids is 1. The van der Waals surface area contributed by atoms with Crippen LogP contribution in [0.4, 0.5) is 13.2 Å². The van der Waals surface area contributed by atoms with Crippen LogP contribution < -0.4 is 0 Å². The van der Waals surface area contributed by atoms with Gasteiger partial charge in [-0.3, -0.25) is 9.69 Å². The number of methoxy groups -OCH3 is 1. The summed E-state index contributed by atoms with van der Waals surface area (Å²) in [6.45, 7) is 1.95. The lowest BCUT2D eigenvalue weighted by atomic mass is 10.1. The molecular formula is C15H18F3NO3. The Balaban J connectivity index is 1.97. The van der Waals surface area contributed by atoms with Crippen molar-refractivity contribution < 1.29 is 27.4 Å². The zero-order valence-electron chi connectivity index (χ0n) is 12.2. The number of alkyl halides is 3. The summed E-state index contributed by atoms with van der Waals surface area (Å²) in [5.41, 5.74) is -0.0575. The van der Waals surface area contributed by atoms with Gasteiger partial charge in [0.15, 0.2) is 0 Å². The van der Waals surface area contributed by atoms with Crippen LogP contribution in [0.15, 0.2) is 24.3 Å². The predicted molar refractivity (Wildman–Crippen MR) is 73.1 cm³/mol. The highest BCUT2D eigenvalue weighted by molar-refractivity contribution is 5.69. The van der Waals surface area contributed by atoms with Crippen molar-refractivity contribution in [3.8, 4) is 0 Å². The number of rotatable bonds is 4. The molecule has 22 heavy (non-hydrogen) atoms. The highest BCUT2D eigenvalue weighted by Crippen LogP contribution is 2.29. The lowest BCUT2D eigenvalue weighted by Crippen LogP contribution is -2.42. The Morgan fingerprint density at radius 2 is 2.23 bits per heavy atom. The molecule has 1 aromatic rings. The van der Waals surface area contributed by atoms with E-state index in [4.69, 9.17) is 4.74 Å². The summed E-state index contributed by atoms with van der Waals surface area (Å²) in [5, 5.41) is 0. The third-order valence-electron chi connectivity index (χ3n) is 3.51. The van der Waals surface area contributed by atoms with E-state index >= 15 is 0 Å². The van der Waals surface area contributed by atoms with Crippen molar-refractivity contribution in [3.05, 3.63) is 35.4 Å². The van der Waals surface area contributed by atoms with Crippen molar-refractivity contribution in [3.63, 3.8) is 0 Å². The third-order valence-corrected chi connectivity index (χ3v) is 3.51. The maximum absolute atomic E-state index is 12.7. The first-order valence-electron chi connectivity index (χ1n) is 6.95. The van der Waals surface area contributed by atoms with Crippen LogP contribution in [-0.2, 0) is 27.0 Å². The molecule has 0 spiro atoms. The van der Waals surface area contributed by atoms with E-state index < -0.39 is 11.7 Å². The minimum atomic E-state index is -4.34. The molecule has 0 radical (unpaired) electrons. The molecule has 1 aliphatic heterocycles. The van der Waals surface area contributed by atoms with Crippen molar-refractivity contribution in [2.24, 2.45) is 0 Å². The van der Waals surface area contributed by atoms with Gasteiger partial charge >= 0.3 is 12.1 Å². The van der Waals surface area contributed by atoms with Gasteiger partial charge in [-0.15, -0.1) is 0 Å². The van der Waals surface area contributed by atoms with Gasteiger partial charge in [0.1, 0.15) is 0 Å². The molecule has 1 atom stereocenters. The molecular weight excluding hydrogens is 299 g/mol. The molecule has 1 aliphatic rings. The zero-order valence-corrected chi connectivity index (χ0v) is 12.2. The molecule has 1 aromatic carbocycles. The summed E-state index contributed by atoms with van der Waals surface area (Å²) >= 11 is 0. The van der Waals surface area contributed by atoms with Crippen molar-refractivity contribution in [2.45, 2.75) is 25.2 Å². The number of morpholine rings is 1. The van der Waals surface area contributed by atoms with Crippen LogP contribution in [0.1, 0.15) is 17.5 Å². The Labute approximate surface area is 126 Å². The SMILES string of the molecule is COC(=O)C[C@@H]1CN(Cc2cccc(C(F)(F)F)c2)CCO1. The van der Waals surface area contributed by atoms with Gasteiger partial charge in [-0.2, -0.15) is 13.2 Å². The Bertz CT molecular complexity index is 519. The molecule has 0 N–H and O–H groups in total. The average Bonchev–Trinajstić information content (AvgIpc) is 2.47. The second kappa shape index (κ2) is 7.11. The second-order valence-corrected chi connectivity index (χ2v) is 5.21. The van der Waals surface area contributed by atoms with Crippen molar-refractivity contribution >= 4 is 5.97 Å². The number of halogens is 3. The van der Waals surface area contributed by atoms with Crippen LogP contribution in [0.25, 0.3) is 0 Å². The number of nitrogens with zero attached hydrogens (tertiary/aromatic N) is 1. The van der Waals surface area contributed by atoms with Crippen LogP contribution in [-0.4, -0.2) is 43.8 Å². The molecule has 0 amide bonds. The topological polar surface area (TPSA) is 38.8 Å². The van der Waals surface area contributed by atoms with E-state index in [1.54, 1.807) is 6.07 Å². The van der Waals surface area contributed by atoms with Crippen LogP contribution in [0, 0.1) is 0 Å². The smallest absolute Gasteiger partial charge is 0.416 e. The summed E-state index contributed by atoms with van der Waals surface area (Å²) in [7, 11) is 1.31. The molecule has 122 valence electrons. The first-order valence-corrected chi connectivity index (χ1v) is 6.95. The zero-order chi connectivity index (χ0) is 16.2. The van der Waals surface area contributed by atoms with Gasteiger partial charge in [0, 0.05) is 19.6 Å². The molecule has 1 saturated heterocycles. The monoisotopic (exact) mass is 317 g/mol. The second-order valence-electron chi connectivity index (χ2n) is 5.21. The fourth-order valence-corrected chi connectivity index (χ4v) is 2.42. The van der Waals surface area contributed by atoms with Gasteiger partial charge in [-0.05, 0) is 11.6 Å². The summed E-state index contributed by atoms with van der Waals surface area (Å²) in [4.78, 5) is 13.2. The van der Waals surface area contributed by atoms with Crippen molar-refractivity contribution in [1.82, 2.24) is 4.90 Å². The Morgan fingerprint density at radius 3 is 2.91 bits per heavy atom. The number of benzene rings is 1. The van der Waals surface area contributed by atoms with Gasteiger partial charge in [-0.1, -0.05) is 18.2 Å². The fourth-order valence-electron chi connectivity index (χ4n) is 2.42. The maximum Gasteiger partial charge on any atom is 0.416 e. The number of carbonyl (C=O) groups is 1. The fraction of sp³-hybridized carbons (Fsp3) is 0.533. The molecule has 2 rings (SSSR count). The molecule has 4 nitrogen and oxygen atoms in total. The first kappa shape index (κ1) is 16.8. The van der Waals surface area contributed by atoms with E-state index in [0.717, 1.165) is 12.1 Å². The van der Waals surface area contributed by atoms with Gasteiger partial charge in [0.2, 0.25) is 0 Å². The quantitative estimate of drug-likeness (QED) is 0.800. The lowest BCUT2D eigenvalue weighted by Gasteiger charge is -2.32. The molecule has 0 aliphatic carbocycles. The summed E-state index contributed by atoms with van der Waals surface area (Å²) in [6, 6.07) is 5.29. The molecule has 0 aromatic heterocycles. The minimum Gasteiger partial charge on any atom is -0.469 e. The Morgan fingerprint density at radius 1 is 1.45 bits per heavy atom. The molecule has 1 fully saturated rings. The summed E-state index contributed by atoms with van der Waals surface area (Å²) < 4.78 is 48.2. The first-order chi connectivity index (χ1) is 10.4. The van der Waals surface area contributed by atoms with E-state index in [1.165, 1.54) is 13.2 Å². The highest BCUT2D eigenvalue weighted by Gasteiger charge is 2.30. The van der Waals surface area contributed by atoms with Gasteiger partial charge in [-0.25, -0.2) is 0 Å². The van der Waals surface area contributed by atoms with Crippen LogP contribution in [0.2, 0.25) is 0 Å². The lowest BCUT2D eigenvalue weighted by molar-refractivity contribution is -0.146. The number of esters is 1. The van der Waals surface area contributed by atoms with Crippen LogP contribution >= 0.6 is 0 Å². The van der Waals surface area contributed by atoms with Gasteiger partial charge in [0.25, 0.3) is 0 Å². The molecule has 7 heteroatoms. The van der Waals surface area contributed by atoms with Crippen molar-refractivity contribution in [1.29, 1.82) is 0 Å². The molecule has 0 unspecified atom stereocenters. The number of hydrogen-bond acceptors (Lipinski definition) is 4. The highest BCUT2D eigenvalue weighted by atomic mass is 19.4. The molecule has 0 bridgehead atoms. The Hall–Kier alpha value is -1.60. The van der Waals surface area contributed by atoms with Crippen molar-refractivity contribution in [2.75, 3.05) is 26.8 Å². The predicted octanol–water partition coefficient (Wildman–Crippen LogP) is 2.47. The Kier molecular flexibility index (Phi) is 5.42. The largest absolute Gasteiger partial charge is 0.469 e. The standard InChI is InChI=1S/C15H18F3NO3/c1-21-14(20)8-13-10-19(5-6-22-13)9-11-3-2-4-12(7-11)15(16,17)18/h2-4,7,13H,5-6,8-10H2,1H3/t13-/m1/s1. The third kappa shape index (κ3) is 4.71. The normalized spacial score (nSPS) is 19.9. The number of ether oxygens (including phenoxy) is 2. The summed E-state index contributed by atoms with van der Waals surface area (Å²) in [5.74, 6) is -0.356. The van der Waals surface area contributed by atoms with Gasteiger partial charge in [0.05, 0.1) is 31.8 Å². The van der Waals surface area contributed by atoms with E-state index in [2.05, 4.69) is 4.74 Å². The van der Waals surface area contributed by atoms with E-state index in [0.29, 0.717) is 31.8 Å². The van der Waals surface area contributed by atoms with Gasteiger partial charge < -0.3 is 9.47 Å². The minimum absolute atomic E-state index is 0.148. The van der Waals surface area contributed by atoms with E-state index in [9.17, 15) is 18.0 Å². The maximum atomic E-state index is 12.7. The van der Waals surface area contributed by atoms with E-state index in [1.807, 2.05) is 4.90 Å². The molecule has 0 saturated carbocycles. The van der Waals surface area contributed by atoms with E-state index in [-0.39, 0.29) is 18.5 Å². The molecule has 1 heterocycles. The summed E-state index contributed by atoms with van der Waals surface area (Å²) in [6.07, 6.45) is -4.48. The number of hydrogen-bond donors (Lipinski definition) is 0. The van der Waals surface area contributed by atoms with Crippen LogP contribution in [0.3, 0.4) is 0 Å². The average molecular weight is 317 g/mol.